The van der Waals surface area contributed by atoms with Crippen LogP contribution in [-0.4, -0.2) is 27.1 Å². The molecule has 3 rings (SSSR count). The molecule has 0 spiro atoms. The Kier molecular flexibility index (Phi) is 4.24. The van der Waals surface area contributed by atoms with E-state index >= 15 is 0 Å². The zero-order valence-electron chi connectivity index (χ0n) is 12.2. The Morgan fingerprint density at radius 2 is 2.26 bits per heavy atom. The highest BCUT2D eigenvalue weighted by atomic mass is 79.9. The summed E-state index contributed by atoms with van der Waals surface area (Å²) >= 11 is 3.29. The molecule has 3 aromatic rings. The summed E-state index contributed by atoms with van der Waals surface area (Å²) in [5.41, 5.74) is -0.0116. The van der Waals surface area contributed by atoms with E-state index in [-0.39, 0.29) is 18.7 Å². The van der Waals surface area contributed by atoms with Crippen LogP contribution in [0.3, 0.4) is 0 Å². The lowest BCUT2D eigenvalue weighted by Crippen LogP contribution is -2.21. The van der Waals surface area contributed by atoms with Crippen molar-refractivity contribution >= 4 is 32.9 Å². The van der Waals surface area contributed by atoms with E-state index in [0.717, 1.165) is 0 Å². The Labute approximate surface area is 139 Å². The number of rotatable bonds is 4. The molecule has 0 aliphatic heterocycles. The minimum Gasteiger partial charge on any atom is -0.462 e. The van der Waals surface area contributed by atoms with Gasteiger partial charge >= 0.3 is 5.97 Å². The third kappa shape index (κ3) is 3.02. The van der Waals surface area contributed by atoms with Crippen LogP contribution >= 0.6 is 15.9 Å². The van der Waals surface area contributed by atoms with Gasteiger partial charge in [0.1, 0.15) is 17.0 Å². The van der Waals surface area contributed by atoms with Crippen LogP contribution in [0, 0.1) is 0 Å². The fourth-order valence-corrected chi connectivity index (χ4v) is 2.54. The van der Waals surface area contributed by atoms with Crippen molar-refractivity contribution in [2.45, 2.75) is 13.5 Å². The van der Waals surface area contributed by atoms with Crippen molar-refractivity contribution in [1.29, 1.82) is 0 Å². The highest BCUT2D eigenvalue weighted by molar-refractivity contribution is 9.10. The van der Waals surface area contributed by atoms with Crippen molar-refractivity contribution in [3.63, 3.8) is 0 Å². The van der Waals surface area contributed by atoms with E-state index in [1.165, 1.54) is 12.6 Å². The van der Waals surface area contributed by atoms with Crippen molar-refractivity contribution in [1.82, 2.24) is 14.5 Å². The third-order valence-corrected chi connectivity index (χ3v) is 3.62. The van der Waals surface area contributed by atoms with Gasteiger partial charge in [-0.1, -0.05) is 0 Å². The van der Waals surface area contributed by atoms with Crippen LogP contribution < -0.4 is 5.43 Å². The Balaban J connectivity index is 2.22. The Morgan fingerprint density at radius 3 is 2.96 bits per heavy atom. The molecule has 0 saturated heterocycles. The van der Waals surface area contributed by atoms with Crippen molar-refractivity contribution in [2.24, 2.45) is 0 Å². The zero-order chi connectivity index (χ0) is 16.4. The van der Waals surface area contributed by atoms with Crippen LogP contribution in [0.15, 0.2) is 44.7 Å². The summed E-state index contributed by atoms with van der Waals surface area (Å²) in [6, 6.07) is 1.63. The molecule has 0 N–H and O–H groups in total. The number of oxazole rings is 1. The Bertz CT molecular complexity index is 918. The number of carbonyl (C=O) groups excluding carboxylic acids is 1. The van der Waals surface area contributed by atoms with E-state index in [1.54, 1.807) is 30.0 Å². The number of nitrogens with zero attached hydrogens (tertiary/aromatic N) is 3. The monoisotopic (exact) mass is 377 g/mol. The van der Waals surface area contributed by atoms with Crippen LogP contribution in [0.5, 0.6) is 0 Å². The number of carbonyl (C=O) groups is 1. The van der Waals surface area contributed by atoms with Crippen molar-refractivity contribution in [2.75, 3.05) is 6.61 Å². The highest BCUT2D eigenvalue weighted by Gasteiger charge is 2.18. The lowest BCUT2D eigenvalue weighted by molar-refractivity contribution is 0.0524. The Hall–Kier alpha value is -2.48. The van der Waals surface area contributed by atoms with Gasteiger partial charge in [-0.3, -0.25) is 4.79 Å². The molecular weight excluding hydrogens is 366 g/mol. The average Bonchev–Trinajstić information content (AvgIpc) is 3.03. The molecule has 23 heavy (non-hydrogen) atoms. The van der Waals surface area contributed by atoms with Gasteiger partial charge in [0.2, 0.25) is 5.43 Å². The van der Waals surface area contributed by atoms with Gasteiger partial charge in [0.15, 0.2) is 6.39 Å². The minimum atomic E-state index is -0.661. The first kappa shape index (κ1) is 15.4. The summed E-state index contributed by atoms with van der Waals surface area (Å²) < 4.78 is 12.5. The molecule has 0 aliphatic carbocycles. The van der Waals surface area contributed by atoms with E-state index in [9.17, 15) is 9.59 Å². The number of fused-ring (bicyclic) bond motifs is 1. The number of hydrogen-bond acceptors (Lipinski definition) is 6. The predicted octanol–water partition coefficient (Wildman–Crippen LogP) is 2.37. The lowest BCUT2D eigenvalue weighted by atomic mass is 10.2. The zero-order valence-corrected chi connectivity index (χ0v) is 13.7. The number of pyridine rings is 2. The van der Waals surface area contributed by atoms with Gasteiger partial charge in [-0.05, 0) is 28.9 Å². The second-order valence-electron chi connectivity index (χ2n) is 4.71. The van der Waals surface area contributed by atoms with Gasteiger partial charge in [-0.15, -0.1) is 0 Å². The molecule has 0 fully saturated rings. The SMILES string of the molecule is CCOC(=O)c1cn(Cc2cnco2)c2ncc(Br)cc2c1=O. The number of aromatic nitrogens is 3. The van der Waals surface area contributed by atoms with E-state index in [0.29, 0.717) is 21.3 Å². The second-order valence-corrected chi connectivity index (χ2v) is 5.63. The van der Waals surface area contributed by atoms with E-state index in [2.05, 4.69) is 25.9 Å². The van der Waals surface area contributed by atoms with Gasteiger partial charge in [-0.25, -0.2) is 14.8 Å². The molecule has 8 heteroatoms. The van der Waals surface area contributed by atoms with Gasteiger partial charge in [0.25, 0.3) is 0 Å². The van der Waals surface area contributed by atoms with Gasteiger partial charge in [0, 0.05) is 16.9 Å². The van der Waals surface area contributed by atoms with Crippen LogP contribution in [0.1, 0.15) is 23.0 Å². The minimum absolute atomic E-state index is 0.0428. The topological polar surface area (TPSA) is 87.2 Å². The maximum atomic E-state index is 12.5. The molecular formula is C15H12BrN3O4. The molecule has 0 saturated carbocycles. The first-order chi connectivity index (χ1) is 11.1. The standard InChI is InChI=1S/C15H12BrN3O4/c1-2-22-15(21)12-7-19(6-10-5-17-8-23-10)14-11(13(12)20)3-9(16)4-18-14/h3-5,7-8H,2,6H2,1H3. The summed E-state index contributed by atoms with van der Waals surface area (Å²) in [7, 11) is 0. The normalized spacial score (nSPS) is 10.9. The summed E-state index contributed by atoms with van der Waals surface area (Å²) in [5.74, 6) is -0.0832. The number of hydrogen-bond donors (Lipinski definition) is 0. The molecule has 0 atom stereocenters. The maximum Gasteiger partial charge on any atom is 0.343 e. The molecule has 0 bridgehead atoms. The van der Waals surface area contributed by atoms with Gasteiger partial charge < -0.3 is 13.7 Å². The number of esters is 1. The first-order valence-corrected chi connectivity index (χ1v) is 7.62. The van der Waals surface area contributed by atoms with Crippen LogP contribution in [-0.2, 0) is 11.3 Å². The summed E-state index contributed by atoms with van der Waals surface area (Å²) in [5, 5.41) is 0.324. The summed E-state index contributed by atoms with van der Waals surface area (Å²) in [6.07, 6.45) is 5.90. The number of ether oxygens (including phenoxy) is 1. The fraction of sp³-hybridized carbons (Fsp3) is 0.200. The second kappa shape index (κ2) is 6.33. The lowest BCUT2D eigenvalue weighted by Gasteiger charge is -2.11. The quantitative estimate of drug-likeness (QED) is 0.648. The van der Waals surface area contributed by atoms with Crippen LogP contribution in [0.25, 0.3) is 11.0 Å². The van der Waals surface area contributed by atoms with Crippen LogP contribution in [0.4, 0.5) is 0 Å². The molecule has 7 nitrogen and oxygen atoms in total. The molecule has 0 amide bonds. The van der Waals surface area contributed by atoms with E-state index in [4.69, 9.17) is 9.15 Å². The average molecular weight is 378 g/mol. The van der Waals surface area contributed by atoms with E-state index < -0.39 is 11.4 Å². The highest BCUT2D eigenvalue weighted by Crippen LogP contribution is 2.17. The van der Waals surface area contributed by atoms with E-state index in [1.807, 2.05) is 0 Å². The summed E-state index contributed by atoms with van der Waals surface area (Å²) in [4.78, 5) is 32.7. The Morgan fingerprint density at radius 1 is 1.43 bits per heavy atom. The number of halogens is 1. The molecule has 3 heterocycles. The van der Waals surface area contributed by atoms with Crippen molar-refractivity contribution in [3.8, 4) is 0 Å². The van der Waals surface area contributed by atoms with Crippen molar-refractivity contribution < 1.29 is 13.9 Å². The molecule has 3 aromatic heterocycles. The third-order valence-electron chi connectivity index (χ3n) is 3.18. The molecule has 0 radical (unpaired) electrons. The molecule has 0 unspecified atom stereocenters. The van der Waals surface area contributed by atoms with Crippen molar-refractivity contribution in [3.05, 3.63) is 57.1 Å². The maximum absolute atomic E-state index is 12.5. The fourth-order valence-electron chi connectivity index (χ4n) is 2.21. The molecule has 0 aliphatic rings. The smallest absolute Gasteiger partial charge is 0.343 e. The summed E-state index contributed by atoms with van der Waals surface area (Å²) in [6.45, 7) is 2.16. The first-order valence-electron chi connectivity index (χ1n) is 6.83. The van der Waals surface area contributed by atoms with Gasteiger partial charge in [0.05, 0.1) is 24.7 Å². The molecule has 118 valence electrons. The van der Waals surface area contributed by atoms with Gasteiger partial charge in [-0.2, -0.15) is 0 Å². The van der Waals surface area contributed by atoms with Crippen LogP contribution in [0.2, 0.25) is 0 Å². The largest absolute Gasteiger partial charge is 0.462 e. The molecule has 0 aromatic carbocycles. The predicted molar refractivity (Wildman–Crippen MR) is 85.3 cm³/mol.